The fraction of sp³-hybridized carbons (Fsp3) is 0.348. The van der Waals surface area contributed by atoms with E-state index in [0.29, 0.717) is 36.5 Å². The van der Waals surface area contributed by atoms with Gasteiger partial charge in [0.1, 0.15) is 5.75 Å². The van der Waals surface area contributed by atoms with Crippen LogP contribution in [0.4, 0.5) is 5.69 Å². The Balaban J connectivity index is 1.85. The van der Waals surface area contributed by atoms with E-state index < -0.39 is 6.10 Å². The van der Waals surface area contributed by atoms with Crippen LogP contribution in [0.25, 0.3) is 0 Å². The second-order valence-electron chi connectivity index (χ2n) is 6.98. The Kier molecular flexibility index (Phi) is 8.41. The minimum Gasteiger partial charge on any atom is -0.481 e. The summed E-state index contributed by atoms with van der Waals surface area (Å²) in [5, 5.41) is 8.21. The van der Waals surface area contributed by atoms with Crippen LogP contribution >= 0.6 is 0 Å². The first-order chi connectivity index (χ1) is 14.3. The highest BCUT2D eigenvalue weighted by Gasteiger charge is 2.16. The Labute approximate surface area is 177 Å². The van der Waals surface area contributed by atoms with Crippen LogP contribution in [0.1, 0.15) is 41.8 Å². The van der Waals surface area contributed by atoms with Gasteiger partial charge in [-0.3, -0.25) is 14.4 Å². The van der Waals surface area contributed by atoms with Crippen LogP contribution in [0.2, 0.25) is 0 Å². The minimum atomic E-state index is -0.674. The minimum absolute atomic E-state index is 0.0555. The predicted octanol–water partition coefficient (Wildman–Crippen LogP) is 2.97. The molecule has 0 fully saturated rings. The van der Waals surface area contributed by atoms with Gasteiger partial charge in [-0.15, -0.1) is 0 Å². The Hall–Kier alpha value is -3.35. The summed E-state index contributed by atoms with van der Waals surface area (Å²) in [6, 6.07) is 12.3. The third-order valence-corrected chi connectivity index (χ3v) is 4.70. The van der Waals surface area contributed by atoms with Gasteiger partial charge < -0.3 is 20.7 Å². The van der Waals surface area contributed by atoms with Crippen LogP contribution in [-0.4, -0.2) is 36.9 Å². The predicted molar refractivity (Wildman–Crippen MR) is 117 cm³/mol. The molecule has 0 aliphatic rings. The lowest BCUT2D eigenvalue weighted by Gasteiger charge is -2.17. The molecular formula is C23H29N3O4. The number of hydrogen-bond acceptors (Lipinski definition) is 4. The Bertz CT molecular complexity index is 894. The number of benzene rings is 2. The molecular weight excluding hydrogens is 382 g/mol. The zero-order chi connectivity index (χ0) is 22.1. The Morgan fingerprint density at radius 3 is 2.30 bits per heavy atom. The molecule has 2 aromatic rings. The standard InChI is InChI=1S/C23H29N3O4/c1-5-21(27)24-13-14-25-23(29)18-9-11-19(12-10-18)26-22(28)17(4)30-20-8-6-7-15(2)16(20)3/h6-12,17H,5,13-14H2,1-4H3,(H,24,27)(H,25,29)(H,26,28). The van der Waals surface area contributed by atoms with Gasteiger partial charge in [0.15, 0.2) is 6.10 Å². The van der Waals surface area contributed by atoms with E-state index in [4.69, 9.17) is 4.74 Å². The fourth-order valence-electron chi connectivity index (χ4n) is 2.65. The highest BCUT2D eigenvalue weighted by atomic mass is 16.5. The van der Waals surface area contributed by atoms with Gasteiger partial charge in [-0.1, -0.05) is 19.1 Å². The zero-order valence-corrected chi connectivity index (χ0v) is 17.9. The largest absolute Gasteiger partial charge is 0.481 e. The molecule has 0 aromatic heterocycles. The average Bonchev–Trinajstić information content (AvgIpc) is 2.74. The molecule has 2 aromatic carbocycles. The van der Waals surface area contributed by atoms with Crippen molar-refractivity contribution in [2.45, 2.75) is 40.2 Å². The summed E-state index contributed by atoms with van der Waals surface area (Å²) in [6.07, 6.45) is -0.262. The number of carbonyl (C=O) groups is 3. The number of hydrogen-bond donors (Lipinski definition) is 3. The SMILES string of the molecule is CCC(=O)NCCNC(=O)c1ccc(NC(=O)C(C)Oc2cccc(C)c2C)cc1. The molecule has 0 heterocycles. The average molecular weight is 412 g/mol. The highest BCUT2D eigenvalue weighted by Crippen LogP contribution is 2.22. The molecule has 3 N–H and O–H groups in total. The smallest absolute Gasteiger partial charge is 0.265 e. The van der Waals surface area contributed by atoms with Gasteiger partial charge in [-0.25, -0.2) is 0 Å². The summed E-state index contributed by atoms with van der Waals surface area (Å²) in [7, 11) is 0. The molecule has 0 aliphatic carbocycles. The number of carbonyl (C=O) groups excluding carboxylic acids is 3. The van der Waals surface area contributed by atoms with E-state index in [1.54, 1.807) is 38.1 Å². The van der Waals surface area contributed by atoms with Crippen LogP contribution in [0, 0.1) is 13.8 Å². The fourth-order valence-corrected chi connectivity index (χ4v) is 2.65. The Morgan fingerprint density at radius 2 is 1.63 bits per heavy atom. The summed E-state index contributed by atoms with van der Waals surface area (Å²) in [4.78, 5) is 35.7. The van der Waals surface area contributed by atoms with Gasteiger partial charge in [0.25, 0.3) is 11.8 Å². The van der Waals surface area contributed by atoms with E-state index in [9.17, 15) is 14.4 Å². The first kappa shape index (κ1) is 22.9. The van der Waals surface area contributed by atoms with E-state index in [-0.39, 0.29) is 17.7 Å². The van der Waals surface area contributed by atoms with E-state index in [1.807, 2.05) is 32.0 Å². The number of rotatable bonds is 9. The number of anilines is 1. The van der Waals surface area contributed by atoms with Gasteiger partial charge in [-0.2, -0.15) is 0 Å². The summed E-state index contributed by atoms with van der Waals surface area (Å²) >= 11 is 0. The maximum Gasteiger partial charge on any atom is 0.265 e. The van der Waals surface area contributed by atoms with Crippen molar-refractivity contribution >= 4 is 23.4 Å². The van der Waals surface area contributed by atoms with E-state index >= 15 is 0 Å². The van der Waals surface area contributed by atoms with Gasteiger partial charge in [0, 0.05) is 30.8 Å². The molecule has 0 radical (unpaired) electrons. The van der Waals surface area contributed by atoms with Crippen molar-refractivity contribution in [2.75, 3.05) is 18.4 Å². The molecule has 0 bridgehead atoms. The summed E-state index contributed by atoms with van der Waals surface area (Å²) < 4.78 is 5.80. The molecule has 0 spiro atoms. The second-order valence-corrected chi connectivity index (χ2v) is 6.98. The van der Waals surface area contributed by atoms with E-state index in [1.165, 1.54) is 0 Å². The molecule has 1 atom stereocenters. The first-order valence-corrected chi connectivity index (χ1v) is 10.0. The lowest BCUT2D eigenvalue weighted by atomic mass is 10.1. The number of amides is 3. The van der Waals surface area contributed by atoms with Crippen LogP contribution < -0.4 is 20.7 Å². The molecule has 7 nitrogen and oxygen atoms in total. The molecule has 160 valence electrons. The highest BCUT2D eigenvalue weighted by molar-refractivity contribution is 5.96. The van der Waals surface area contributed by atoms with Gasteiger partial charge >= 0.3 is 0 Å². The third kappa shape index (κ3) is 6.62. The quantitative estimate of drug-likeness (QED) is 0.553. The van der Waals surface area contributed by atoms with Crippen molar-refractivity contribution in [1.29, 1.82) is 0 Å². The molecule has 3 amide bonds. The van der Waals surface area contributed by atoms with E-state index in [2.05, 4.69) is 16.0 Å². The van der Waals surface area contributed by atoms with Crippen LogP contribution in [0.15, 0.2) is 42.5 Å². The topological polar surface area (TPSA) is 96.5 Å². The first-order valence-electron chi connectivity index (χ1n) is 10.0. The summed E-state index contributed by atoms with van der Waals surface area (Å²) in [5.74, 6) is 0.102. The molecule has 7 heteroatoms. The van der Waals surface area contributed by atoms with Crippen molar-refractivity contribution in [3.05, 3.63) is 59.2 Å². The van der Waals surface area contributed by atoms with Crippen LogP contribution in [0.5, 0.6) is 5.75 Å². The molecule has 0 saturated heterocycles. The van der Waals surface area contributed by atoms with Crippen molar-refractivity contribution < 1.29 is 19.1 Å². The monoisotopic (exact) mass is 411 g/mol. The molecule has 30 heavy (non-hydrogen) atoms. The lowest BCUT2D eigenvalue weighted by Crippen LogP contribution is -2.34. The maximum atomic E-state index is 12.4. The van der Waals surface area contributed by atoms with Crippen LogP contribution in [-0.2, 0) is 9.59 Å². The Morgan fingerprint density at radius 1 is 0.967 bits per heavy atom. The maximum absolute atomic E-state index is 12.4. The number of aryl methyl sites for hydroxylation is 1. The van der Waals surface area contributed by atoms with Crippen molar-refractivity contribution in [1.82, 2.24) is 10.6 Å². The van der Waals surface area contributed by atoms with Crippen molar-refractivity contribution in [2.24, 2.45) is 0 Å². The summed E-state index contributed by atoms with van der Waals surface area (Å²) in [6.45, 7) is 8.13. The molecule has 2 rings (SSSR count). The number of nitrogens with one attached hydrogen (secondary N) is 3. The van der Waals surface area contributed by atoms with Gasteiger partial charge in [-0.05, 0) is 62.2 Å². The lowest BCUT2D eigenvalue weighted by molar-refractivity contribution is -0.122. The van der Waals surface area contributed by atoms with Crippen molar-refractivity contribution in [3.8, 4) is 5.75 Å². The van der Waals surface area contributed by atoms with Gasteiger partial charge in [0.05, 0.1) is 0 Å². The third-order valence-electron chi connectivity index (χ3n) is 4.70. The normalized spacial score (nSPS) is 11.3. The van der Waals surface area contributed by atoms with E-state index in [0.717, 1.165) is 11.1 Å². The van der Waals surface area contributed by atoms with Crippen molar-refractivity contribution in [3.63, 3.8) is 0 Å². The zero-order valence-electron chi connectivity index (χ0n) is 17.9. The number of ether oxygens (including phenoxy) is 1. The van der Waals surface area contributed by atoms with Gasteiger partial charge in [0.2, 0.25) is 5.91 Å². The second kappa shape index (κ2) is 11.0. The molecule has 1 unspecified atom stereocenters. The molecule has 0 saturated carbocycles. The summed E-state index contributed by atoms with van der Waals surface area (Å²) in [5.41, 5.74) is 3.14. The molecule has 0 aliphatic heterocycles. The van der Waals surface area contributed by atoms with Crippen LogP contribution in [0.3, 0.4) is 0 Å².